The lowest BCUT2D eigenvalue weighted by Gasteiger charge is -2.07. The molecule has 6 heteroatoms. The third kappa shape index (κ3) is 4.27. The summed E-state index contributed by atoms with van der Waals surface area (Å²) in [5.74, 6) is -1.02. The number of amides is 1. The van der Waals surface area contributed by atoms with Crippen molar-refractivity contribution < 1.29 is 14.3 Å². The van der Waals surface area contributed by atoms with Gasteiger partial charge < -0.3 is 10.1 Å². The van der Waals surface area contributed by atoms with Crippen molar-refractivity contribution in [3.05, 3.63) is 59.8 Å². The summed E-state index contributed by atoms with van der Waals surface area (Å²) in [6.45, 7) is 1.79. The number of aromatic amines is 1. The molecular weight excluding hydrogens is 330 g/mol. The summed E-state index contributed by atoms with van der Waals surface area (Å²) in [6, 6.07) is 14.9. The number of anilines is 1. The van der Waals surface area contributed by atoms with Crippen molar-refractivity contribution in [3.63, 3.8) is 0 Å². The van der Waals surface area contributed by atoms with E-state index in [4.69, 9.17) is 4.74 Å². The second kappa shape index (κ2) is 8.29. The summed E-state index contributed by atoms with van der Waals surface area (Å²) >= 11 is 0. The zero-order valence-electron chi connectivity index (χ0n) is 14.6. The van der Waals surface area contributed by atoms with Crippen LogP contribution < -0.4 is 5.32 Å². The van der Waals surface area contributed by atoms with E-state index in [0.29, 0.717) is 11.1 Å². The van der Waals surface area contributed by atoms with Crippen LogP contribution in [-0.4, -0.2) is 28.7 Å². The van der Waals surface area contributed by atoms with E-state index < -0.39 is 5.97 Å². The molecule has 3 aromatic rings. The van der Waals surface area contributed by atoms with Crippen molar-refractivity contribution in [3.8, 4) is 0 Å². The third-order valence-electron chi connectivity index (χ3n) is 4.05. The van der Waals surface area contributed by atoms with Crippen LogP contribution in [0.1, 0.15) is 35.8 Å². The number of fused-ring (bicyclic) bond motifs is 1. The molecule has 0 aliphatic carbocycles. The zero-order chi connectivity index (χ0) is 18.4. The Morgan fingerprint density at radius 3 is 2.65 bits per heavy atom. The Morgan fingerprint density at radius 1 is 1.12 bits per heavy atom. The average molecular weight is 351 g/mol. The highest BCUT2D eigenvalue weighted by Crippen LogP contribution is 2.16. The number of hydrogen-bond acceptors (Lipinski definition) is 4. The largest absolute Gasteiger partial charge is 0.451 e. The fourth-order valence-corrected chi connectivity index (χ4v) is 2.65. The number of benzene rings is 2. The third-order valence-corrected chi connectivity index (χ3v) is 4.05. The minimum Gasteiger partial charge on any atom is -0.451 e. The first-order valence-corrected chi connectivity index (χ1v) is 8.66. The fourth-order valence-electron chi connectivity index (χ4n) is 2.65. The van der Waals surface area contributed by atoms with Crippen LogP contribution in [-0.2, 0) is 16.0 Å². The normalized spacial score (nSPS) is 10.7. The lowest BCUT2D eigenvalue weighted by molar-refractivity contribution is -0.119. The van der Waals surface area contributed by atoms with Crippen LogP contribution in [0.3, 0.4) is 0 Å². The van der Waals surface area contributed by atoms with Gasteiger partial charge in [-0.25, -0.2) is 4.79 Å². The van der Waals surface area contributed by atoms with Gasteiger partial charge in [-0.2, -0.15) is 5.10 Å². The van der Waals surface area contributed by atoms with E-state index in [0.717, 1.165) is 24.8 Å². The van der Waals surface area contributed by atoms with Gasteiger partial charge in [0.1, 0.15) is 0 Å². The van der Waals surface area contributed by atoms with Crippen molar-refractivity contribution in [2.24, 2.45) is 0 Å². The lowest BCUT2D eigenvalue weighted by atomic mass is 10.1. The number of rotatable bonds is 7. The molecule has 0 aliphatic heterocycles. The number of carbonyl (C=O) groups is 2. The molecule has 0 bridgehead atoms. The predicted molar refractivity (Wildman–Crippen MR) is 100 cm³/mol. The molecule has 0 spiro atoms. The Hall–Kier alpha value is -3.15. The van der Waals surface area contributed by atoms with Crippen molar-refractivity contribution in [2.75, 3.05) is 11.9 Å². The highest BCUT2D eigenvalue weighted by molar-refractivity contribution is 6.03. The van der Waals surface area contributed by atoms with Crippen LogP contribution in [0.25, 0.3) is 10.9 Å². The number of hydrogen-bond donors (Lipinski definition) is 2. The van der Waals surface area contributed by atoms with Gasteiger partial charge in [0, 0.05) is 11.1 Å². The van der Waals surface area contributed by atoms with Gasteiger partial charge in [0.05, 0.1) is 5.52 Å². The number of carbonyl (C=O) groups excluding carboxylic acids is 2. The van der Waals surface area contributed by atoms with Crippen LogP contribution in [0.2, 0.25) is 0 Å². The molecular formula is C20H21N3O3. The van der Waals surface area contributed by atoms with Gasteiger partial charge in [-0.1, -0.05) is 43.7 Å². The van der Waals surface area contributed by atoms with Crippen molar-refractivity contribution in [1.29, 1.82) is 0 Å². The van der Waals surface area contributed by atoms with E-state index in [1.807, 2.05) is 42.5 Å². The van der Waals surface area contributed by atoms with Gasteiger partial charge in [-0.15, -0.1) is 0 Å². The van der Waals surface area contributed by atoms with Gasteiger partial charge in [0.25, 0.3) is 5.91 Å². The van der Waals surface area contributed by atoms with Crippen molar-refractivity contribution in [1.82, 2.24) is 10.2 Å². The summed E-state index contributed by atoms with van der Waals surface area (Å²) in [5, 5.41) is 10.1. The number of H-pyrrole nitrogens is 1. The summed E-state index contributed by atoms with van der Waals surface area (Å²) < 4.78 is 5.07. The number of aromatic nitrogens is 2. The molecule has 0 saturated carbocycles. The highest BCUT2D eigenvalue weighted by atomic mass is 16.5. The standard InChI is InChI=1S/C20H21N3O3/c1-2-3-6-14-9-11-15(12-10-14)21-18(24)13-26-20(25)19-16-7-4-5-8-17(16)22-23-19/h4-5,7-12H,2-3,6,13H2,1H3,(H,21,24)(H,22,23). The maximum Gasteiger partial charge on any atom is 0.359 e. The van der Waals surface area contributed by atoms with Gasteiger partial charge in [-0.05, 0) is 36.6 Å². The first kappa shape index (κ1) is 17.7. The van der Waals surface area contributed by atoms with E-state index >= 15 is 0 Å². The molecule has 0 saturated heterocycles. The van der Waals surface area contributed by atoms with Gasteiger partial charge >= 0.3 is 5.97 Å². The summed E-state index contributed by atoms with van der Waals surface area (Å²) in [7, 11) is 0. The summed E-state index contributed by atoms with van der Waals surface area (Å²) in [4.78, 5) is 24.1. The fraction of sp³-hybridized carbons (Fsp3) is 0.250. The van der Waals surface area contributed by atoms with Crippen LogP contribution in [0.4, 0.5) is 5.69 Å². The van der Waals surface area contributed by atoms with Crippen LogP contribution in [0, 0.1) is 0 Å². The van der Waals surface area contributed by atoms with Gasteiger partial charge in [0.2, 0.25) is 0 Å². The Morgan fingerprint density at radius 2 is 1.88 bits per heavy atom. The molecule has 0 unspecified atom stereocenters. The Kier molecular flexibility index (Phi) is 5.63. The predicted octanol–water partition coefficient (Wildman–Crippen LogP) is 3.70. The van der Waals surface area contributed by atoms with E-state index in [2.05, 4.69) is 22.4 Å². The molecule has 1 amide bonds. The Bertz CT molecular complexity index is 900. The van der Waals surface area contributed by atoms with E-state index in [-0.39, 0.29) is 18.2 Å². The number of nitrogens with zero attached hydrogens (tertiary/aromatic N) is 1. The lowest BCUT2D eigenvalue weighted by Crippen LogP contribution is -2.21. The number of para-hydroxylation sites is 1. The van der Waals surface area contributed by atoms with Gasteiger partial charge in [0.15, 0.2) is 12.3 Å². The highest BCUT2D eigenvalue weighted by Gasteiger charge is 2.16. The quantitative estimate of drug-likeness (QED) is 0.636. The molecule has 1 heterocycles. The molecule has 2 N–H and O–H groups in total. The molecule has 134 valence electrons. The minimum absolute atomic E-state index is 0.175. The number of aryl methyl sites for hydroxylation is 1. The topological polar surface area (TPSA) is 84.1 Å². The second-order valence-electron chi connectivity index (χ2n) is 6.04. The molecule has 26 heavy (non-hydrogen) atoms. The monoisotopic (exact) mass is 351 g/mol. The molecule has 0 atom stereocenters. The smallest absolute Gasteiger partial charge is 0.359 e. The summed E-state index contributed by atoms with van der Waals surface area (Å²) in [5.41, 5.74) is 2.83. The Labute approximate surface area is 151 Å². The average Bonchev–Trinajstić information content (AvgIpc) is 3.10. The molecule has 0 aliphatic rings. The molecule has 2 aromatic carbocycles. The van der Waals surface area contributed by atoms with E-state index in [1.54, 1.807) is 6.07 Å². The number of ether oxygens (including phenoxy) is 1. The first-order valence-electron chi connectivity index (χ1n) is 8.66. The second-order valence-corrected chi connectivity index (χ2v) is 6.04. The van der Waals surface area contributed by atoms with Crippen molar-refractivity contribution in [2.45, 2.75) is 26.2 Å². The molecule has 6 nitrogen and oxygen atoms in total. The van der Waals surface area contributed by atoms with Gasteiger partial charge in [-0.3, -0.25) is 9.89 Å². The molecule has 0 fully saturated rings. The molecule has 3 rings (SSSR count). The van der Waals surface area contributed by atoms with Crippen molar-refractivity contribution >= 4 is 28.5 Å². The maximum atomic E-state index is 12.1. The van der Waals surface area contributed by atoms with E-state index in [9.17, 15) is 9.59 Å². The van der Waals surface area contributed by atoms with Crippen LogP contribution in [0.5, 0.6) is 0 Å². The first-order chi connectivity index (χ1) is 12.7. The number of esters is 1. The molecule has 0 radical (unpaired) electrons. The number of unbranched alkanes of at least 4 members (excludes halogenated alkanes) is 1. The molecule has 1 aromatic heterocycles. The van der Waals surface area contributed by atoms with Crippen LogP contribution >= 0.6 is 0 Å². The SMILES string of the molecule is CCCCc1ccc(NC(=O)COC(=O)c2n[nH]c3ccccc23)cc1. The summed E-state index contributed by atoms with van der Waals surface area (Å²) in [6.07, 6.45) is 3.32. The minimum atomic E-state index is -0.632. The maximum absolute atomic E-state index is 12.1. The number of nitrogens with one attached hydrogen (secondary N) is 2. The van der Waals surface area contributed by atoms with E-state index in [1.165, 1.54) is 5.56 Å². The Balaban J connectivity index is 1.53. The zero-order valence-corrected chi connectivity index (χ0v) is 14.6. The van der Waals surface area contributed by atoms with Crippen LogP contribution in [0.15, 0.2) is 48.5 Å².